The molecule has 6 heteroatoms. The van der Waals surface area contributed by atoms with Crippen molar-refractivity contribution < 1.29 is 19.0 Å². The monoisotopic (exact) mass is 370 g/mol. The Morgan fingerprint density at radius 1 is 1.04 bits per heavy atom. The molecule has 1 atom stereocenters. The first-order valence-electron chi connectivity index (χ1n) is 9.04. The van der Waals surface area contributed by atoms with E-state index in [1.165, 1.54) is 5.69 Å². The first kappa shape index (κ1) is 18.9. The molecule has 0 aliphatic carbocycles. The van der Waals surface area contributed by atoms with Gasteiger partial charge in [-0.2, -0.15) is 0 Å². The zero-order valence-electron chi connectivity index (χ0n) is 16.0. The van der Waals surface area contributed by atoms with Gasteiger partial charge in [-0.05, 0) is 54.8 Å². The minimum Gasteiger partial charge on any atom is -0.497 e. The van der Waals surface area contributed by atoms with Crippen LogP contribution in [-0.4, -0.2) is 46.9 Å². The normalized spacial score (nSPS) is 16.1. The van der Waals surface area contributed by atoms with Gasteiger partial charge in [0.25, 0.3) is 5.91 Å². The maximum atomic E-state index is 12.5. The number of hydrogen-bond acceptors (Lipinski definition) is 5. The second-order valence-corrected chi connectivity index (χ2v) is 6.58. The van der Waals surface area contributed by atoms with E-state index in [-0.39, 0.29) is 5.91 Å². The van der Waals surface area contributed by atoms with E-state index in [4.69, 9.17) is 14.2 Å². The van der Waals surface area contributed by atoms with Gasteiger partial charge in [-0.1, -0.05) is 0 Å². The molecule has 0 spiro atoms. The Bertz CT molecular complexity index is 776. The van der Waals surface area contributed by atoms with Crippen LogP contribution in [0.25, 0.3) is 0 Å². The number of amides is 1. The summed E-state index contributed by atoms with van der Waals surface area (Å²) in [6.45, 7) is 2.57. The number of rotatable bonds is 7. The van der Waals surface area contributed by atoms with Crippen molar-refractivity contribution in [2.24, 2.45) is 5.92 Å². The number of hydrogen-bond donors (Lipinski definition) is 1. The summed E-state index contributed by atoms with van der Waals surface area (Å²) >= 11 is 0. The van der Waals surface area contributed by atoms with E-state index in [0.29, 0.717) is 29.5 Å². The fraction of sp³-hybridized carbons (Fsp3) is 0.381. The summed E-state index contributed by atoms with van der Waals surface area (Å²) in [7, 11) is 4.81. The number of carbonyl (C=O) groups excluding carboxylic acids is 1. The van der Waals surface area contributed by atoms with Gasteiger partial charge in [0.1, 0.15) is 5.75 Å². The molecule has 1 aliphatic heterocycles. The molecule has 144 valence electrons. The maximum Gasteiger partial charge on any atom is 0.251 e. The summed E-state index contributed by atoms with van der Waals surface area (Å²) in [5.74, 6) is 2.35. The summed E-state index contributed by atoms with van der Waals surface area (Å²) < 4.78 is 15.7. The molecule has 0 aromatic heterocycles. The van der Waals surface area contributed by atoms with Crippen LogP contribution in [0.1, 0.15) is 16.8 Å². The Hall–Kier alpha value is -2.89. The highest BCUT2D eigenvalue weighted by Crippen LogP contribution is 2.28. The van der Waals surface area contributed by atoms with Crippen LogP contribution in [-0.2, 0) is 0 Å². The van der Waals surface area contributed by atoms with Crippen LogP contribution in [0.4, 0.5) is 5.69 Å². The van der Waals surface area contributed by atoms with E-state index in [2.05, 4.69) is 22.3 Å². The van der Waals surface area contributed by atoms with Crippen molar-refractivity contribution in [3.8, 4) is 17.2 Å². The summed E-state index contributed by atoms with van der Waals surface area (Å²) in [4.78, 5) is 14.8. The highest BCUT2D eigenvalue weighted by Gasteiger charge is 2.23. The van der Waals surface area contributed by atoms with Crippen molar-refractivity contribution in [2.45, 2.75) is 6.42 Å². The summed E-state index contributed by atoms with van der Waals surface area (Å²) in [6, 6.07) is 13.3. The molecule has 0 bridgehead atoms. The van der Waals surface area contributed by atoms with E-state index in [9.17, 15) is 4.79 Å². The largest absolute Gasteiger partial charge is 0.497 e. The number of benzene rings is 2. The highest BCUT2D eigenvalue weighted by atomic mass is 16.5. The van der Waals surface area contributed by atoms with Gasteiger partial charge in [-0.15, -0.1) is 0 Å². The molecule has 27 heavy (non-hydrogen) atoms. The second kappa shape index (κ2) is 8.66. The molecule has 1 N–H and O–H groups in total. The lowest BCUT2D eigenvalue weighted by Gasteiger charge is -2.19. The lowest BCUT2D eigenvalue weighted by molar-refractivity contribution is 0.0948. The van der Waals surface area contributed by atoms with Crippen LogP contribution in [0.2, 0.25) is 0 Å². The van der Waals surface area contributed by atoms with Crippen LogP contribution in [0.3, 0.4) is 0 Å². The Morgan fingerprint density at radius 2 is 1.78 bits per heavy atom. The molecule has 0 radical (unpaired) electrons. The number of anilines is 1. The number of nitrogens with zero attached hydrogens (tertiary/aromatic N) is 1. The minimum atomic E-state index is -0.0983. The number of methoxy groups -OCH3 is 3. The molecule has 2 aromatic carbocycles. The Morgan fingerprint density at radius 3 is 2.44 bits per heavy atom. The summed E-state index contributed by atoms with van der Waals surface area (Å²) in [6.07, 6.45) is 1.05. The lowest BCUT2D eigenvalue weighted by atomic mass is 10.1. The first-order valence-corrected chi connectivity index (χ1v) is 9.04. The van der Waals surface area contributed by atoms with Crippen LogP contribution in [0, 0.1) is 5.92 Å². The predicted molar refractivity (Wildman–Crippen MR) is 105 cm³/mol. The predicted octanol–water partition coefficient (Wildman–Crippen LogP) is 2.97. The Labute approximate surface area is 160 Å². The van der Waals surface area contributed by atoms with Crippen LogP contribution >= 0.6 is 0 Å². The fourth-order valence-electron chi connectivity index (χ4n) is 3.34. The molecule has 0 saturated carbocycles. The standard InChI is InChI=1S/C21H26N2O4/c1-25-18-7-5-17(6-8-18)23-11-10-15(14-23)13-22-21(24)16-4-9-19(26-2)20(12-16)27-3/h4-9,12,15H,10-11,13-14H2,1-3H3,(H,22,24). The summed E-state index contributed by atoms with van der Waals surface area (Å²) in [5.41, 5.74) is 1.75. The van der Waals surface area contributed by atoms with Gasteiger partial charge in [0.15, 0.2) is 11.5 Å². The molecule has 2 aromatic rings. The molecule has 1 saturated heterocycles. The van der Waals surface area contributed by atoms with E-state index in [1.807, 2.05) is 12.1 Å². The highest BCUT2D eigenvalue weighted by molar-refractivity contribution is 5.94. The zero-order chi connectivity index (χ0) is 19.2. The smallest absolute Gasteiger partial charge is 0.251 e. The van der Waals surface area contributed by atoms with Crippen LogP contribution in [0.15, 0.2) is 42.5 Å². The first-order chi connectivity index (χ1) is 13.1. The van der Waals surface area contributed by atoms with E-state index in [1.54, 1.807) is 39.5 Å². The van der Waals surface area contributed by atoms with Crippen molar-refractivity contribution in [3.63, 3.8) is 0 Å². The topological polar surface area (TPSA) is 60.0 Å². The van der Waals surface area contributed by atoms with Gasteiger partial charge in [-0.3, -0.25) is 4.79 Å². The average Bonchev–Trinajstić information content (AvgIpc) is 3.20. The molecule has 1 amide bonds. The van der Waals surface area contributed by atoms with Gasteiger partial charge in [0.2, 0.25) is 0 Å². The third-order valence-corrected chi connectivity index (χ3v) is 4.92. The molecule has 1 heterocycles. The Kier molecular flexibility index (Phi) is 6.06. The van der Waals surface area contributed by atoms with Gasteiger partial charge in [0.05, 0.1) is 21.3 Å². The molecule has 1 aliphatic rings. The van der Waals surface area contributed by atoms with Crippen molar-refractivity contribution in [2.75, 3.05) is 45.9 Å². The lowest BCUT2D eigenvalue weighted by Crippen LogP contribution is -2.31. The number of ether oxygens (including phenoxy) is 3. The number of nitrogens with one attached hydrogen (secondary N) is 1. The van der Waals surface area contributed by atoms with Gasteiger partial charge in [-0.25, -0.2) is 0 Å². The van der Waals surface area contributed by atoms with E-state index in [0.717, 1.165) is 25.3 Å². The van der Waals surface area contributed by atoms with Crippen molar-refractivity contribution >= 4 is 11.6 Å². The van der Waals surface area contributed by atoms with Crippen LogP contribution < -0.4 is 24.4 Å². The van der Waals surface area contributed by atoms with Crippen molar-refractivity contribution in [1.29, 1.82) is 0 Å². The van der Waals surface area contributed by atoms with E-state index < -0.39 is 0 Å². The van der Waals surface area contributed by atoms with Crippen molar-refractivity contribution in [1.82, 2.24) is 5.32 Å². The zero-order valence-corrected chi connectivity index (χ0v) is 16.0. The quantitative estimate of drug-likeness (QED) is 0.812. The fourth-order valence-corrected chi connectivity index (χ4v) is 3.34. The second-order valence-electron chi connectivity index (χ2n) is 6.58. The average molecular weight is 370 g/mol. The Balaban J connectivity index is 1.53. The van der Waals surface area contributed by atoms with Gasteiger partial charge >= 0.3 is 0 Å². The molecular formula is C21H26N2O4. The van der Waals surface area contributed by atoms with Crippen LogP contribution in [0.5, 0.6) is 17.2 Å². The molecule has 1 unspecified atom stereocenters. The SMILES string of the molecule is COc1ccc(N2CCC(CNC(=O)c3ccc(OC)c(OC)c3)C2)cc1. The van der Waals surface area contributed by atoms with Gasteiger partial charge < -0.3 is 24.4 Å². The minimum absolute atomic E-state index is 0.0983. The maximum absolute atomic E-state index is 12.5. The number of carbonyl (C=O) groups is 1. The molecule has 3 rings (SSSR count). The molecule has 6 nitrogen and oxygen atoms in total. The molecular weight excluding hydrogens is 344 g/mol. The summed E-state index contributed by atoms with van der Waals surface area (Å²) in [5, 5.41) is 3.04. The molecule has 1 fully saturated rings. The third kappa shape index (κ3) is 4.45. The van der Waals surface area contributed by atoms with Gasteiger partial charge in [0, 0.05) is 30.9 Å². The third-order valence-electron chi connectivity index (χ3n) is 4.92. The van der Waals surface area contributed by atoms with E-state index >= 15 is 0 Å². The van der Waals surface area contributed by atoms with Crippen molar-refractivity contribution in [3.05, 3.63) is 48.0 Å².